The van der Waals surface area contributed by atoms with E-state index in [4.69, 9.17) is 9.47 Å². The third kappa shape index (κ3) is 3.96. The molecule has 0 radical (unpaired) electrons. The molecule has 104 valence electrons. The summed E-state index contributed by atoms with van der Waals surface area (Å²) in [6.07, 6.45) is 0.759. The highest BCUT2D eigenvalue weighted by atomic mass is 16.5. The van der Waals surface area contributed by atoms with Crippen LogP contribution in [0.4, 0.5) is 0 Å². The van der Waals surface area contributed by atoms with Gasteiger partial charge < -0.3 is 19.7 Å². The van der Waals surface area contributed by atoms with Crippen molar-refractivity contribution in [3.05, 3.63) is 0 Å². The molecule has 0 saturated carbocycles. The van der Waals surface area contributed by atoms with Gasteiger partial charge in [-0.15, -0.1) is 0 Å². The fourth-order valence-corrected chi connectivity index (χ4v) is 1.88. The Morgan fingerprint density at radius 2 is 2.22 bits per heavy atom. The lowest BCUT2D eigenvalue weighted by atomic mass is 10.0. The molecule has 18 heavy (non-hydrogen) atoms. The van der Waals surface area contributed by atoms with Crippen LogP contribution in [0.15, 0.2) is 0 Å². The standard InChI is InChI=1S/C12H22N2O4/c1-10(15)14-6-8-18-12(2,9-14)11(16)13-5-4-7-17-3/h4-9H2,1-3H3,(H,13,16)/t12-/m1/s1. The number of ether oxygens (including phenoxy) is 2. The van der Waals surface area contributed by atoms with Crippen LogP contribution in [-0.4, -0.2) is 62.3 Å². The Morgan fingerprint density at radius 3 is 2.83 bits per heavy atom. The van der Waals surface area contributed by atoms with Crippen molar-refractivity contribution >= 4 is 11.8 Å². The first-order chi connectivity index (χ1) is 8.49. The molecule has 1 saturated heterocycles. The Bertz CT molecular complexity index is 308. The lowest BCUT2D eigenvalue weighted by Gasteiger charge is -2.38. The molecule has 1 aliphatic heterocycles. The van der Waals surface area contributed by atoms with Gasteiger partial charge in [0.15, 0.2) is 5.60 Å². The van der Waals surface area contributed by atoms with Gasteiger partial charge in [0.2, 0.25) is 5.91 Å². The Kier molecular flexibility index (Phi) is 5.55. The minimum absolute atomic E-state index is 0.0308. The van der Waals surface area contributed by atoms with Gasteiger partial charge in [-0.25, -0.2) is 0 Å². The van der Waals surface area contributed by atoms with Crippen molar-refractivity contribution in [2.24, 2.45) is 0 Å². The monoisotopic (exact) mass is 258 g/mol. The summed E-state index contributed by atoms with van der Waals surface area (Å²) >= 11 is 0. The first-order valence-corrected chi connectivity index (χ1v) is 6.16. The molecule has 1 N–H and O–H groups in total. The van der Waals surface area contributed by atoms with Crippen LogP contribution in [0.5, 0.6) is 0 Å². The van der Waals surface area contributed by atoms with Crippen LogP contribution < -0.4 is 5.32 Å². The van der Waals surface area contributed by atoms with Crippen molar-refractivity contribution in [2.75, 3.05) is 40.0 Å². The van der Waals surface area contributed by atoms with Crippen molar-refractivity contribution in [3.63, 3.8) is 0 Å². The molecular formula is C12H22N2O4. The van der Waals surface area contributed by atoms with E-state index >= 15 is 0 Å². The second kappa shape index (κ2) is 6.70. The first kappa shape index (κ1) is 14.9. The molecule has 0 spiro atoms. The van der Waals surface area contributed by atoms with Gasteiger partial charge in [-0.05, 0) is 13.3 Å². The molecular weight excluding hydrogens is 236 g/mol. The van der Waals surface area contributed by atoms with Crippen LogP contribution in [0, 0.1) is 0 Å². The molecule has 1 atom stereocenters. The third-order valence-corrected chi connectivity index (χ3v) is 3.01. The fourth-order valence-electron chi connectivity index (χ4n) is 1.88. The first-order valence-electron chi connectivity index (χ1n) is 6.16. The lowest BCUT2D eigenvalue weighted by molar-refractivity contribution is -0.162. The molecule has 6 heteroatoms. The van der Waals surface area contributed by atoms with Crippen LogP contribution >= 0.6 is 0 Å². The van der Waals surface area contributed by atoms with Gasteiger partial charge in [0, 0.05) is 33.7 Å². The number of carbonyl (C=O) groups is 2. The van der Waals surface area contributed by atoms with Gasteiger partial charge in [0.1, 0.15) is 0 Å². The van der Waals surface area contributed by atoms with Crippen molar-refractivity contribution < 1.29 is 19.1 Å². The van der Waals surface area contributed by atoms with Gasteiger partial charge in [-0.3, -0.25) is 9.59 Å². The number of hydrogen-bond donors (Lipinski definition) is 1. The number of amides is 2. The molecule has 1 aliphatic rings. The van der Waals surface area contributed by atoms with E-state index in [9.17, 15) is 9.59 Å². The van der Waals surface area contributed by atoms with Crippen LogP contribution in [0.1, 0.15) is 20.3 Å². The molecule has 0 bridgehead atoms. The average Bonchev–Trinajstić information content (AvgIpc) is 2.34. The Hall–Kier alpha value is -1.14. The predicted molar refractivity (Wildman–Crippen MR) is 66.1 cm³/mol. The summed E-state index contributed by atoms with van der Waals surface area (Å²) in [6, 6.07) is 0. The molecule has 0 unspecified atom stereocenters. The zero-order valence-electron chi connectivity index (χ0n) is 11.3. The molecule has 6 nitrogen and oxygen atoms in total. The SMILES string of the molecule is COCCCNC(=O)[C@@]1(C)CN(C(C)=O)CCO1. The summed E-state index contributed by atoms with van der Waals surface area (Å²) in [5, 5.41) is 2.81. The molecule has 1 rings (SSSR count). The summed E-state index contributed by atoms with van der Waals surface area (Å²) in [7, 11) is 1.62. The van der Waals surface area contributed by atoms with Gasteiger partial charge in [-0.2, -0.15) is 0 Å². The lowest BCUT2D eigenvalue weighted by Crippen LogP contribution is -2.59. The third-order valence-electron chi connectivity index (χ3n) is 3.01. The Labute approximate surface area is 108 Å². The summed E-state index contributed by atoms with van der Waals surface area (Å²) < 4.78 is 10.4. The number of rotatable bonds is 5. The van der Waals surface area contributed by atoms with E-state index in [0.29, 0.717) is 32.8 Å². The van der Waals surface area contributed by atoms with E-state index < -0.39 is 5.60 Å². The number of morpholine rings is 1. The van der Waals surface area contributed by atoms with Crippen molar-refractivity contribution in [1.82, 2.24) is 10.2 Å². The molecule has 0 aromatic heterocycles. The van der Waals surface area contributed by atoms with E-state index in [1.807, 2.05) is 0 Å². The zero-order chi connectivity index (χ0) is 13.6. The van der Waals surface area contributed by atoms with Crippen molar-refractivity contribution in [1.29, 1.82) is 0 Å². The highest BCUT2D eigenvalue weighted by Gasteiger charge is 2.39. The smallest absolute Gasteiger partial charge is 0.253 e. The van der Waals surface area contributed by atoms with Crippen LogP contribution in [0.3, 0.4) is 0 Å². The Morgan fingerprint density at radius 1 is 1.50 bits per heavy atom. The van der Waals surface area contributed by atoms with Gasteiger partial charge in [0.25, 0.3) is 5.91 Å². The molecule has 2 amide bonds. The summed E-state index contributed by atoms with van der Waals surface area (Å²) in [5.41, 5.74) is -0.947. The maximum atomic E-state index is 12.0. The quantitative estimate of drug-likeness (QED) is 0.692. The van der Waals surface area contributed by atoms with Gasteiger partial charge >= 0.3 is 0 Å². The number of hydrogen-bond acceptors (Lipinski definition) is 4. The van der Waals surface area contributed by atoms with E-state index in [1.165, 1.54) is 6.92 Å². The van der Waals surface area contributed by atoms with Crippen LogP contribution in [0.2, 0.25) is 0 Å². The summed E-state index contributed by atoms with van der Waals surface area (Å²) in [4.78, 5) is 25.0. The molecule has 1 heterocycles. The second-order valence-corrected chi connectivity index (χ2v) is 4.62. The second-order valence-electron chi connectivity index (χ2n) is 4.62. The molecule has 1 fully saturated rings. The van der Waals surface area contributed by atoms with Crippen molar-refractivity contribution in [2.45, 2.75) is 25.9 Å². The highest BCUT2D eigenvalue weighted by molar-refractivity contribution is 5.86. The van der Waals surface area contributed by atoms with E-state index in [2.05, 4.69) is 5.32 Å². The summed E-state index contributed by atoms with van der Waals surface area (Å²) in [6.45, 7) is 5.61. The zero-order valence-corrected chi connectivity index (χ0v) is 11.3. The Balaban J connectivity index is 2.46. The average molecular weight is 258 g/mol. The van der Waals surface area contributed by atoms with Gasteiger partial charge in [0.05, 0.1) is 13.2 Å². The number of nitrogens with zero attached hydrogens (tertiary/aromatic N) is 1. The number of methoxy groups -OCH3 is 1. The molecule has 0 aromatic rings. The predicted octanol–water partition coefficient (Wildman–Crippen LogP) is -0.223. The van der Waals surface area contributed by atoms with Gasteiger partial charge in [-0.1, -0.05) is 0 Å². The van der Waals surface area contributed by atoms with Crippen LogP contribution in [0.25, 0.3) is 0 Å². The number of carbonyl (C=O) groups excluding carboxylic acids is 2. The highest BCUT2D eigenvalue weighted by Crippen LogP contribution is 2.17. The largest absolute Gasteiger partial charge is 0.385 e. The van der Waals surface area contributed by atoms with E-state index in [1.54, 1.807) is 18.9 Å². The van der Waals surface area contributed by atoms with Crippen molar-refractivity contribution in [3.8, 4) is 0 Å². The van der Waals surface area contributed by atoms with E-state index in [-0.39, 0.29) is 11.8 Å². The minimum Gasteiger partial charge on any atom is -0.385 e. The van der Waals surface area contributed by atoms with E-state index in [0.717, 1.165) is 6.42 Å². The fraction of sp³-hybridized carbons (Fsp3) is 0.833. The molecule has 0 aromatic carbocycles. The van der Waals surface area contributed by atoms with Crippen LogP contribution in [-0.2, 0) is 19.1 Å². The normalized spacial score (nSPS) is 23.8. The summed E-state index contributed by atoms with van der Waals surface area (Å²) in [5.74, 6) is -0.207. The maximum Gasteiger partial charge on any atom is 0.253 e. The number of nitrogens with one attached hydrogen (secondary N) is 1. The maximum absolute atomic E-state index is 12.0. The topological polar surface area (TPSA) is 67.9 Å². The minimum atomic E-state index is -0.947. The molecule has 0 aliphatic carbocycles.